The number of anilines is 1. The summed E-state index contributed by atoms with van der Waals surface area (Å²) in [6.07, 6.45) is 0.217. The van der Waals surface area contributed by atoms with E-state index in [-0.39, 0.29) is 30.8 Å². The van der Waals surface area contributed by atoms with Crippen molar-refractivity contribution < 1.29 is 19.1 Å². The summed E-state index contributed by atoms with van der Waals surface area (Å²) >= 11 is 3.44. The van der Waals surface area contributed by atoms with Crippen molar-refractivity contribution in [3.8, 4) is 5.75 Å². The summed E-state index contributed by atoms with van der Waals surface area (Å²) in [5.41, 5.74) is 2.84. The minimum absolute atomic E-state index is 0.0518. The van der Waals surface area contributed by atoms with Crippen molar-refractivity contribution in [1.29, 1.82) is 0 Å². The number of cyclic esters (lactones) is 1. The van der Waals surface area contributed by atoms with Gasteiger partial charge in [-0.05, 0) is 42.8 Å². The monoisotopic (exact) mass is 427 g/mol. The van der Waals surface area contributed by atoms with Gasteiger partial charge in [-0.1, -0.05) is 34.1 Å². The molecule has 4 rings (SSSR count). The maximum Gasteiger partial charge on any atom is 0.336 e. The van der Waals surface area contributed by atoms with E-state index in [0.29, 0.717) is 17.9 Å². The average molecular weight is 428 g/mol. The van der Waals surface area contributed by atoms with Crippen molar-refractivity contribution in [3.63, 3.8) is 0 Å². The summed E-state index contributed by atoms with van der Waals surface area (Å²) in [7, 11) is 0. The Balaban J connectivity index is 1.75. The van der Waals surface area contributed by atoms with Gasteiger partial charge >= 0.3 is 5.97 Å². The summed E-state index contributed by atoms with van der Waals surface area (Å²) in [4.78, 5) is 27.1. The fraction of sp³-hybridized carbons (Fsp3) is 0.238. The molecule has 2 aromatic carbocycles. The van der Waals surface area contributed by atoms with Crippen LogP contribution in [0.15, 0.2) is 64.3 Å². The molecule has 0 bridgehead atoms. The molecule has 2 aromatic rings. The van der Waals surface area contributed by atoms with Gasteiger partial charge in [0.25, 0.3) is 0 Å². The molecule has 0 saturated carbocycles. The molecule has 2 aliphatic rings. The number of hydrogen-bond acceptors (Lipinski definition) is 4. The number of benzene rings is 2. The number of esters is 1. The Bertz CT molecular complexity index is 935. The van der Waals surface area contributed by atoms with Gasteiger partial charge in [0.1, 0.15) is 12.4 Å². The topological polar surface area (TPSA) is 55.8 Å². The number of carbonyl (C=O) groups is 2. The van der Waals surface area contributed by atoms with Crippen molar-refractivity contribution in [2.75, 3.05) is 18.1 Å². The molecule has 5 nitrogen and oxygen atoms in total. The molecule has 0 saturated heterocycles. The molecule has 0 radical (unpaired) electrons. The standard InChI is InChI=1S/C21H18BrNO4/c1-2-26-16-8-6-13(7-9-16)17-11-19(24)23(15-5-3-4-14(22)10-15)18-12-27-21(25)20(17)18/h3-10,17H,2,11-12H2,1H3. The van der Waals surface area contributed by atoms with Crippen LogP contribution in [0.1, 0.15) is 24.8 Å². The van der Waals surface area contributed by atoms with Crippen LogP contribution in [-0.4, -0.2) is 25.1 Å². The van der Waals surface area contributed by atoms with Gasteiger partial charge < -0.3 is 9.47 Å². The molecule has 0 N–H and O–H groups in total. The highest BCUT2D eigenvalue weighted by atomic mass is 79.9. The van der Waals surface area contributed by atoms with E-state index < -0.39 is 0 Å². The highest BCUT2D eigenvalue weighted by Gasteiger charge is 2.42. The smallest absolute Gasteiger partial charge is 0.336 e. The highest BCUT2D eigenvalue weighted by molar-refractivity contribution is 9.10. The Hall–Kier alpha value is -2.60. The molecule has 1 unspecified atom stereocenters. The summed E-state index contributed by atoms with van der Waals surface area (Å²) in [6, 6.07) is 15.0. The SMILES string of the molecule is CCOc1ccc(C2CC(=O)N(c3cccc(Br)c3)C3=C2C(=O)OC3)cc1. The van der Waals surface area contributed by atoms with Crippen molar-refractivity contribution >= 4 is 33.5 Å². The average Bonchev–Trinajstić information content (AvgIpc) is 3.03. The molecule has 0 aliphatic carbocycles. The van der Waals surface area contributed by atoms with E-state index in [1.807, 2.05) is 55.5 Å². The fourth-order valence-electron chi connectivity index (χ4n) is 3.62. The number of hydrogen-bond donors (Lipinski definition) is 0. The second kappa shape index (κ2) is 7.19. The van der Waals surface area contributed by atoms with Gasteiger partial charge in [0.15, 0.2) is 0 Å². The van der Waals surface area contributed by atoms with Crippen molar-refractivity contribution in [2.24, 2.45) is 0 Å². The largest absolute Gasteiger partial charge is 0.494 e. The lowest BCUT2D eigenvalue weighted by Gasteiger charge is -2.32. The first-order valence-corrected chi connectivity index (χ1v) is 9.59. The second-order valence-electron chi connectivity index (χ2n) is 6.40. The van der Waals surface area contributed by atoms with Crippen molar-refractivity contribution in [3.05, 3.63) is 69.8 Å². The number of rotatable bonds is 4. The Morgan fingerprint density at radius 3 is 2.67 bits per heavy atom. The van der Waals surface area contributed by atoms with E-state index in [1.54, 1.807) is 4.90 Å². The van der Waals surface area contributed by atoms with E-state index in [1.165, 1.54) is 0 Å². The molecule has 2 aliphatic heterocycles. The lowest BCUT2D eigenvalue weighted by atomic mass is 9.84. The zero-order valence-corrected chi connectivity index (χ0v) is 16.4. The van der Waals surface area contributed by atoms with Crippen LogP contribution in [-0.2, 0) is 14.3 Å². The Labute approximate surface area is 165 Å². The maximum atomic E-state index is 13.0. The van der Waals surface area contributed by atoms with Crippen LogP contribution in [0.2, 0.25) is 0 Å². The lowest BCUT2D eigenvalue weighted by Crippen LogP contribution is -2.37. The predicted molar refractivity (Wildman–Crippen MR) is 105 cm³/mol. The third-order valence-corrected chi connectivity index (χ3v) is 5.27. The molecule has 6 heteroatoms. The molecule has 27 heavy (non-hydrogen) atoms. The zero-order chi connectivity index (χ0) is 19.0. The van der Waals surface area contributed by atoms with Crippen LogP contribution in [0.4, 0.5) is 5.69 Å². The number of nitrogens with zero attached hydrogens (tertiary/aromatic N) is 1. The van der Waals surface area contributed by atoms with Crippen LogP contribution < -0.4 is 9.64 Å². The van der Waals surface area contributed by atoms with E-state index in [9.17, 15) is 9.59 Å². The number of ether oxygens (including phenoxy) is 2. The predicted octanol–water partition coefficient (Wildman–Crippen LogP) is 4.18. The first-order chi connectivity index (χ1) is 13.1. The highest BCUT2D eigenvalue weighted by Crippen LogP contribution is 2.42. The summed E-state index contributed by atoms with van der Waals surface area (Å²) < 4.78 is 11.7. The Kier molecular flexibility index (Phi) is 4.74. The maximum absolute atomic E-state index is 13.0. The Morgan fingerprint density at radius 2 is 1.96 bits per heavy atom. The van der Waals surface area contributed by atoms with Crippen molar-refractivity contribution in [1.82, 2.24) is 0 Å². The minimum Gasteiger partial charge on any atom is -0.494 e. The molecular weight excluding hydrogens is 410 g/mol. The molecule has 0 fully saturated rings. The first-order valence-electron chi connectivity index (χ1n) is 8.80. The van der Waals surface area contributed by atoms with E-state index in [4.69, 9.17) is 9.47 Å². The van der Waals surface area contributed by atoms with Gasteiger partial charge in [0.2, 0.25) is 5.91 Å². The third kappa shape index (κ3) is 3.25. The summed E-state index contributed by atoms with van der Waals surface area (Å²) in [5.74, 6) is 0.0596. The minimum atomic E-state index is -0.351. The van der Waals surface area contributed by atoms with E-state index >= 15 is 0 Å². The number of halogens is 1. The molecule has 1 atom stereocenters. The Morgan fingerprint density at radius 1 is 1.19 bits per heavy atom. The van der Waals surface area contributed by atoms with Gasteiger partial charge in [-0.25, -0.2) is 4.79 Å². The molecule has 138 valence electrons. The van der Waals surface area contributed by atoms with Crippen LogP contribution in [0.3, 0.4) is 0 Å². The number of amides is 1. The van der Waals surface area contributed by atoms with E-state index in [2.05, 4.69) is 15.9 Å². The normalized spacial score (nSPS) is 19.2. The van der Waals surface area contributed by atoms with Gasteiger partial charge in [-0.2, -0.15) is 0 Å². The quantitative estimate of drug-likeness (QED) is 0.686. The fourth-order valence-corrected chi connectivity index (χ4v) is 4.00. The van der Waals surface area contributed by atoms with Crippen LogP contribution in [0.5, 0.6) is 5.75 Å². The number of carbonyl (C=O) groups excluding carboxylic acids is 2. The molecule has 0 spiro atoms. The van der Waals surface area contributed by atoms with Gasteiger partial charge in [0, 0.05) is 22.5 Å². The molecule has 1 amide bonds. The summed E-state index contributed by atoms with van der Waals surface area (Å²) in [6.45, 7) is 2.63. The van der Waals surface area contributed by atoms with Crippen LogP contribution in [0.25, 0.3) is 0 Å². The van der Waals surface area contributed by atoms with Gasteiger partial charge in [0.05, 0.1) is 17.9 Å². The van der Waals surface area contributed by atoms with Crippen LogP contribution in [0, 0.1) is 0 Å². The molecule has 2 heterocycles. The first kappa shape index (κ1) is 17.8. The zero-order valence-electron chi connectivity index (χ0n) is 14.8. The molecule has 0 aromatic heterocycles. The van der Waals surface area contributed by atoms with Gasteiger partial charge in [-0.15, -0.1) is 0 Å². The molecular formula is C21H18BrNO4. The van der Waals surface area contributed by atoms with E-state index in [0.717, 1.165) is 21.5 Å². The third-order valence-electron chi connectivity index (χ3n) is 4.78. The summed E-state index contributed by atoms with van der Waals surface area (Å²) in [5, 5.41) is 0. The lowest BCUT2D eigenvalue weighted by molar-refractivity contribution is -0.136. The second-order valence-corrected chi connectivity index (χ2v) is 7.32. The van der Waals surface area contributed by atoms with Crippen LogP contribution >= 0.6 is 15.9 Å². The van der Waals surface area contributed by atoms with Gasteiger partial charge in [-0.3, -0.25) is 9.69 Å². The van der Waals surface area contributed by atoms with Crippen molar-refractivity contribution in [2.45, 2.75) is 19.3 Å².